The largest absolute Gasteiger partial charge is 0.416 e. The lowest BCUT2D eigenvalue weighted by Crippen LogP contribution is -2.23. The lowest BCUT2D eigenvalue weighted by molar-refractivity contribution is -0.137. The average molecular weight is 244 g/mol. The quantitative estimate of drug-likeness (QED) is 0.849. The van der Waals surface area contributed by atoms with Crippen LogP contribution in [0.5, 0.6) is 0 Å². The maximum Gasteiger partial charge on any atom is 0.416 e. The summed E-state index contributed by atoms with van der Waals surface area (Å²) in [5.41, 5.74) is -0.558. The van der Waals surface area contributed by atoms with Gasteiger partial charge in [-0.1, -0.05) is 12.1 Å². The number of aliphatic hydroxyl groups is 1. The number of rotatable bonds is 4. The second-order valence-electron chi connectivity index (χ2n) is 3.36. The van der Waals surface area contributed by atoms with Crippen molar-refractivity contribution in [2.24, 2.45) is 0 Å². The van der Waals surface area contributed by atoms with Gasteiger partial charge in [-0.3, -0.25) is 5.32 Å². The fourth-order valence-corrected chi connectivity index (χ4v) is 1.34. The van der Waals surface area contributed by atoms with Crippen molar-refractivity contribution in [1.82, 2.24) is 5.32 Å². The topological polar surface area (TPSA) is 56.0 Å². The Labute approximate surface area is 96.5 Å². The van der Waals surface area contributed by atoms with Crippen molar-refractivity contribution in [3.8, 4) is 6.07 Å². The lowest BCUT2D eigenvalue weighted by Gasteiger charge is -2.13. The third-order valence-electron chi connectivity index (χ3n) is 2.14. The summed E-state index contributed by atoms with van der Waals surface area (Å²) in [5.74, 6) is 0. The number of hydrogen-bond acceptors (Lipinski definition) is 3. The minimum Gasteiger partial charge on any atom is -0.395 e. The van der Waals surface area contributed by atoms with Crippen molar-refractivity contribution in [1.29, 1.82) is 5.26 Å². The molecule has 92 valence electrons. The highest BCUT2D eigenvalue weighted by atomic mass is 19.4. The normalized spacial score (nSPS) is 13.1. The number of nitrogens with one attached hydrogen (secondary N) is 1. The maximum absolute atomic E-state index is 12.4. The highest BCUT2D eigenvalue weighted by Crippen LogP contribution is 2.30. The van der Waals surface area contributed by atoms with E-state index >= 15 is 0 Å². The summed E-state index contributed by atoms with van der Waals surface area (Å²) in [6, 6.07) is 5.55. The van der Waals surface area contributed by atoms with Gasteiger partial charge in [0.2, 0.25) is 0 Å². The number of halogens is 3. The van der Waals surface area contributed by atoms with Crippen molar-refractivity contribution in [3.63, 3.8) is 0 Å². The van der Waals surface area contributed by atoms with E-state index in [9.17, 15) is 13.2 Å². The number of hydrogen-bond donors (Lipinski definition) is 2. The molecule has 1 atom stereocenters. The van der Waals surface area contributed by atoms with Gasteiger partial charge >= 0.3 is 6.18 Å². The SMILES string of the molecule is N#CC(NCCO)c1cccc(C(F)(F)F)c1. The molecule has 0 bridgehead atoms. The molecule has 0 saturated carbocycles. The van der Waals surface area contributed by atoms with Gasteiger partial charge in [0, 0.05) is 6.54 Å². The lowest BCUT2D eigenvalue weighted by atomic mass is 10.0. The van der Waals surface area contributed by atoms with E-state index in [2.05, 4.69) is 5.32 Å². The molecule has 2 N–H and O–H groups in total. The molecular weight excluding hydrogens is 233 g/mol. The molecule has 17 heavy (non-hydrogen) atoms. The molecule has 0 saturated heterocycles. The number of aliphatic hydroxyl groups excluding tert-OH is 1. The fourth-order valence-electron chi connectivity index (χ4n) is 1.34. The minimum atomic E-state index is -4.42. The molecule has 0 aliphatic rings. The molecule has 0 aliphatic carbocycles. The highest BCUT2D eigenvalue weighted by molar-refractivity contribution is 5.30. The summed E-state index contributed by atoms with van der Waals surface area (Å²) >= 11 is 0. The van der Waals surface area contributed by atoms with Gasteiger partial charge in [0.05, 0.1) is 18.2 Å². The van der Waals surface area contributed by atoms with Crippen LogP contribution in [0.25, 0.3) is 0 Å². The molecule has 1 rings (SSSR count). The Bertz CT molecular complexity index is 412. The Kier molecular flexibility index (Phi) is 4.49. The van der Waals surface area contributed by atoms with Gasteiger partial charge in [0.15, 0.2) is 0 Å². The molecule has 1 aromatic rings. The van der Waals surface area contributed by atoms with Gasteiger partial charge in [-0.2, -0.15) is 18.4 Å². The van der Waals surface area contributed by atoms with Crippen molar-refractivity contribution in [2.75, 3.05) is 13.2 Å². The highest BCUT2D eigenvalue weighted by Gasteiger charge is 2.30. The third-order valence-corrected chi connectivity index (χ3v) is 2.14. The van der Waals surface area contributed by atoms with E-state index in [0.29, 0.717) is 0 Å². The van der Waals surface area contributed by atoms with Gasteiger partial charge in [-0.15, -0.1) is 0 Å². The molecule has 1 unspecified atom stereocenters. The first kappa shape index (κ1) is 13.5. The molecule has 0 amide bonds. The fraction of sp³-hybridized carbons (Fsp3) is 0.364. The number of nitrogens with zero attached hydrogens (tertiary/aromatic N) is 1. The van der Waals surface area contributed by atoms with Crippen LogP contribution >= 0.6 is 0 Å². The molecule has 0 aromatic heterocycles. The first-order valence-corrected chi connectivity index (χ1v) is 4.90. The Morgan fingerprint density at radius 3 is 2.65 bits per heavy atom. The summed E-state index contributed by atoms with van der Waals surface area (Å²) in [6.07, 6.45) is -4.42. The number of benzene rings is 1. The van der Waals surface area contributed by atoms with Gasteiger partial charge in [-0.05, 0) is 17.7 Å². The smallest absolute Gasteiger partial charge is 0.395 e. The Hall–Kier alpha value is -1.58. The first-order chi connectivity index (χ1) is 7.99. The van der Waals surface area contributed by atoms with Crippen LogP contribution in [0.3, 0.4) is 0 Å². The van der Waals surface area contributed by atoms with Crippen molar-refractivity contribution < 1.29 is 18.3 Å². The molecule has 1 aromatic carbocycles. The summed E-state index contributed by atoms with van der Waals surface area (Å²) < 4.78 is 37.3. The minimum absolute atomic E-state index is 0.147. The van der Waals surface area contributed by atoms with E-state index in [1.54, 1.807) is 0 Å². The van der Waals surface area contributed by atoms with Crippen LogP contribution in [0.1, 0.15) is 17.2 Å². The van der Waals surface area contributed by atoms with Crippen LogP contribution in [0.15, 0.2) is 24.3 Å². The number of nitriles is 1. The molecular formula is C11H11F3N2O. The summed E-state index contributed by atoms with van der Waals surface area (Å²) in [4.78, 5) is 0. The molecule has 0 fully saturated rings. The van der Waals surface area contributed by atoms with Crippen molar-refractivity contribution >= 4 is 0 Å². The van der Waals surface area contributed by atoms with E-state index in [4.69, 9.17) is 10.4 Å². The van der Waals surface area contributed by atoms with Gasteiger partial charge in [0.1, 0.15) is 6.04 Å². The number of alkyl halides is 3. The van der Waals surface area contributed by atoms with Gasteiger partial charge in [-0.25, -0.2) is 0 Å². The summed E-state index contributed by atoms with van der Waals surface area (Å²) in [5, 5.41) is 20.0. The first-order valence-electron chi connectivity index (χ1n) is 4.90. The average Bonchev–Trinajstić information content (AvgIpc) is 2.29. The van der Waals surface area contributed by atoms with Crippen molar-refractivity contribution in [2.45, 2.75) is 12.2 Å². The van der Waals surface area contributed by atoms with Gasteiger partial charge in [0.25, 0.3) is 0 Å². The van der Waals surface area contributed by atoms with E-state index in [0.717, 1.165) is 12.1 Å². The zero-order valence-corrected chi connectivity index (χ0v) is 8.83. The van der Waals surface area contributed by atoms with Crippen LogP contribution in [-0.2, 0) is 6.18 Å². The Balaban J connectivity index is 2.94. The predicted octanol–water partition coefficient (Wildman–Crippen LogP) is 1.85. The van der Waals surface area contributed by atoms with E-state index in [1.165, 1.54) is 12.1 Å². The molecule has 6 heteroatoms. The second-order valence-corrected chi connectivity index (χ2v) is 3.36. The van der Waals surface area contributed by atoms with Crippen LogP contribution in [-0.4, -0.2) is 18.3 Å². The van der Waals surface area contributed by atoms with E-state index in [1.807, 2.05) is 6.07 Å². The monoisotopic (exact) mass is 244 g/mol. The predicted molar refractivity (Wildman–Crippen MR) is 54.9 cm³/mol. The van der Waals surface area contributed by atoms with Crippen LogP contribution < -0.4 is 5.32 Å². The van der Waals surface area contributed by atoms with Crippen LogP contribution in [0, 0.1) is 11.3 Å². The maximum atomic E-state index is 12.4. The summed E-state index contributed by atoms with van der Waals surface area (Å²) in [6.45, 7) is -0.0361. The van der Waals surface area contributed by atoms with E-state index in [-0.39, 0.29) is 18.7 Å². The Morgan fingerprint density at radius 1 is 1.41 bits per heavy atom. The molecule has 0 aliphatic heterocycles. The molecule has 3 nitrogen and oxygen atoms in total. The van der Waals surface area contributed by atoms with Gasteiger partial charge < -0.3 is 5.11 Å². The van der Waals surface area contributed by atoms with Crippen LogP contribution in [0.4, 0.5) is 13.2 Å². The molecule has 0 heterocycles. The molecule has 0 spiro atoms. The van der Waals surface area contributed by atoms with Crippen molar-refractivity contribution in [3.05, 3.63) is 35.4 Å². The second kappa shape index (κ2) is 5.66. The Morgan fingerprint density at radius 2 is 2.12 bits per heavy atom. The molecule has 0 radical (unpaired) electrons. The van der Waals surface area contributed by atoms with Crippen LogP contribution in [0.2, 0.25) is 0 Å². The van der Waals surface area contributed by atoms with E-state index < -0.39 is 17.8 Å². The zero-order valence-electron chi connectivity index (χ0n) is 8.83. The standard InChI is InChI=1S/C11H11F3N2O/c12-11(13,14)9-3-1-2-8(6-9)10(7-15)16-4-5-17/h1-3,6,10,16-17H,4-5H2. The zero-order chi connectivity index (χ0) is 12.9. The summed E-state index contributed by atoms with van der Waals surface area (Å²) in [7, 11) is 0. The third kappa shape index (κ3) is 3.73.